The van der Waals surface area contributed by atoms with E-state index >= 15 is 0 Å². The van der Waals surface area contributed by atoms with Gasteiger partial charge in [-0.2, -0.15) is 0 Å². The number of benzene rings is 2. The highest BCUT2D eigenvalue weighted by Crippen LogP contribution is 2.11. The molecule has 2 aromatic rings. The van der Waals surface area contributed by atoms with Gasteiger partial charge in [0.25, 0.3) is 0 Å². The fraction of sp³-hybridized carbons (Fsp3) is 0.0714. The van der Waals surface area contributed by atoms with Gasteiger partial charge in [-0.15, -0.1) is 0 Å². The normalized spacial score (nSPS) is 10.0. The molecule has 5 heteroatoms. The molecule has 0 atom stereocenters. The lowest BCUT2D eigenvalue weighted by atomic mass is 10.2. The first-order valence-corrected chi connectivity index (χ1v) is 7.17. The fourth-order valence-electron chi connectivity index (χ4n) is 1.49. The van der Waals surface area contributed by atoms with Gasteiger partial charge in [-0.05, 0) is 76.8 Å². The SMILES string of the molecule is Fc1ccc(CNC(=S)Nc2ccc(I)cc2)cc1. The van der Waals surface area contributed by atoms with E-state index in [-0.39, 0.29) is 5.82 Å². The topological polar surface area (TPSA) is 24.1 Å². The molecule has 0 unspecified atom stereocenters. The number of thiocarbonyl (C=S) groups is 1. The van der Waals surface area contributed by atoms with Gasteiger partial charge in [0.05, 0.1) is 0 Å². The second kappa shape index (κ2) is 6.81. The molecule has 2 rings (SSSR count). The summed E-state index contributed by atoms with van der Waals surface area (Å²) < 4.78 is 13.9. The van der Waals surface area contributed by atoms with E-state index in [1.165, 1.54) is 15.7 Å². The summed E-state index contributed by atoms with van der Waals surface area (Å²) >= 11 is 7.45. The summed E-state index contributed by atoms with van der Waals surface area (Å²) in [5.74, 6) is -0.233. The molecule has 0 amide bonds. The van der Waals surface area contributed by atoms with Crippen molar-refractivity contribution in [3.63, 3.8) is 0 Å². The van der Waals surface area contributed by atoms with Crippen molar-refractivity contribution in [2.45, 2.75) is 6.54 Å². The summed E-state index contributed by atoms with van der Waals surface area (Å²) in [4.78, 5) is 0. The van der Waals surface area contributed by atoms with Crippen LogP contribution >= 0.6 is 34.8 Å². The Balaban J connectivity index is 1.84. The van der Waals surface area contributed by atoms with Crippen molar-refractivity contribution in [3.8, 4) is 0 Å². The minimum atomic E-state index is -0.233. The number of anilines is 1. The van der Waals surface area contributed by atoms with Gasteiger partial charge in [-0.25, -0.2) is 4.39 Å². The third-order valence-electron chi connectivity index (χ3n) is 2.47. The molecule has 19 heavy (non-hydrogen) atoms. The monoisotopic (exact) mass is 386 g/mol. The first-order valence-electron chi connectivity index (χ1n) is 5.68. The lowest BCUT2D eigenvalue weighted by molar-refractivity contribution is 0.627. The Morgan fingerprint density at radius 3 is 2.32 bits per heavy atom. The molecule has 2 aromatic carbocycles. The molecule has 2 N–H and O–H groups in total. The van der Waals surface area contributed by atoms with E-state index in [4.69, 9.17) is 12.2 Å². The molecule has 0 spiro atoms. The van der Waals surface area contributed by atoms with E-state index in [2.05, 4.69) is 33.2 Å². The van der Waals surface area contributed by atoms with Gasteiger partial charge >= 0.3 is 0 Å². The van der Waals surface area contributed by atoms with E-state index in [1.807, 2.05) is 24.3 Å². The summed E-state index contributed by atoms with van der Waals surface area (Å²) in [5, 5.41) is 6.72. The number of hydrogen-bond donors (Lipinski definition) is 2. The molecule has 0 aliphatic carbocycles. The van der Waals surface area contributed by atoms with E-state index in [0.29, 0.717) is 11.7 Å². The van der Waals surface area contributed by atoms with E-state index in [0.717, 1.165) is 11.3 Å². The smallest absolute Gasteiger partial charge is 0.171 e. The molecule has 0 aliphatic rings. The Hall–Kier alpha value is -1.21. The van der Waals surface area contributed by atoms with Crippen LogP contribution in [0, 0.1) is 9.39 Å². The lowest BCUT2D eigenvalue weighted by Gasteiger charge is -2.10. The molecule has 0 bridgehead atoms. The zero-order valence-electron chi connectivity index (χ0n) is 9.99. The highest BCUT2D eigenvalue weighted by molar-refractivity contribution is 14.1. The largest absolute Gasteiger partial charge is 0.358 e. The zero-order chi connectivity index (χ0) is 13.7. The van der Waals surface area contributed by atoms with Gasteiger partial charge in [0.2, 0.25) is 0 Å². The number of nitrogens with one attached hydrogen (secondary N) is 2. The quantitative estimate of drug-likeness (QED) is 0.618. The number of hydrogen-bond acceptors (Lipinski definition) is 1. The maximum Gasteiger partial charge on any atom is 0.171 e. The van der Waals surface area contributed by atoms with Crippen molar-refractivity contribution >= 4 is 45.6 Å². The Bertz CT molecular complexity index is 555. The van der Waals surface area contributed by atoms with Crippen LogP contribution in [-0.2, 0) is 6.54 Å². The number of halogens is 2. The standard InChI is InChI=1S/C14H12FIN2S/c15-11-3-1-10(2-4-11)9-17-14(19)18-13-7-5-12(16)6-8-13/h1-8H,9H2,(H2,17,18,19). The summed E-state index contributed by atoms with van der Waals surface area (Å²) in [6, 6.07) is 14.3. The van der Waals surface area contributed by atoms with Crippen molar-refractivity contribution in [2.24, 2.45) is 0 Å². The minimum Gasteiger partial charge on any atom is -0.358 e. The summed E-state index contributed by atoms with van der Waals surface area (Å²) in [6.07, 6.45) is 0. The van der Waals surface area contributed by atoms with Crippen molar-refractivity contribution in [1.29, 1.82) is 0 Å². The predicted molar refractivity (Wildman–Crippen MR) is 88.6 cm³/mol. The maximum absolute atomic E-state index is 12.7. The fourth-order valence-corrected chi connectivity index (χ4v) is 2.04. The molecule has 2 nitrogen and oxygen atoms in total. The minimum absolute atomic E-state index is 0.233. The molecule has 0 aliphatic heterocycles. The summed E-state index contributed by atoms with van der Waals surface area (Å²) in [5.41, 5.74) is 1.92. The average molecular weight is 386 g/mol. The van der Waals surface area contributed by atoms with Crippen LogP contribution in [-0.4, -0.2) is 5.11 Å². The molecular weight excluding hydrogens is 374 g/mol. The average Bonchev–Trinajstić information content (AvgIpc) is 2.41. The first kappa shape index (κ1) is 14.2. The van der Waals surface area contributed by atoms with Crippen LogP contribution in [0.5, 0.6) is 0 Å². The first-order chi connectivity index (χ1) is 9.13. The van der Waals surface area contributed by atoms with E-state index in [1.54, 1.807) is 12.1 Å². The highest BCUT2D eigenvalue weighted by Gasteiger charge is 1.98. The van der Waals surface area contributed by atoms with Crippen LogP contribution in [0.25, 0.3) is 0 Å². The highest BCUT2D eigenvalue weighted by atomic mass is 127. The third kappa shape index (κ3) is 4.76. The van der Waals surface area contributed by atoms with Crippen LogP contribution in [0.1, 0.15) is 5.56 Å². The van der Waals surface area contributed by atoms with Gasteiger partial charge in [0, 0.05) is 15.8 Å². The number of rotatable bonds is 3. The van der Waals surface area contributed by atoms with Crippen LogP contribution in [0.15, 0.2) is 48.5 Å². The second-order valence-corrected chi connectivity index (χ2v) is 5.59. The Morgan fingerprint density at radius 1 is 1.05 bits per heavy atom. The molecule has 0 saturated heterocycles. The third-order valence-corrected chi connectivity index (χ3v) is 3.43. The van der Waals surface area contributed by atoms with E-state index in [9.17, 15) is 4.39 Å². The molecular formula is C14H12FIN2S. The predicted octanol–water partition coefficient (Wildman–Crippen LogP) is 3.92. The van der Waals surface area contributed by atoms with Gasteiger partial charge in [0.15, 0.2) is 5.11 Å². The Labute approximate surface area is 130 Å². The summed E-state index contributed by atoms with van der Waals surface area (Å²) in [7, 11) is 0. The van der Waals surface area contributed by atoms with Crippen molar-refractivity contribution in [1.82, 2.24) is 5.32 Å². The molecule has 0 aromatic heterocycles. The van der Waals surface area contributed by atoms with Crippen molar-refractivity contribution in [2.75, 3.05) is 5.32 Å². The zero-order valence-corrected chi connectivity index (χ0v) is 13.0. The second-order valence-electron chi connectivity index (χ2n) is 3.94. The summed E-state index contributed by atoms with van der Waals surface area (Å²) in [6.45, 7) is 0.566. The lowest BCUT2D eigenvalue weighted by Crippen LogP contribution is -2.27. The Kier molecular flexibility index (Phi) is 5.09. The van der Waals surface area contributed by atoms with Crippen molar-refractivity contribution < 1.29 is 4.39 Å². The molecule has 98 valence electrons. The van der Waals surface area contributed by atoms with Crippen LogP contribution in [0.2, 0.25) is 0 Å². The van der Waals surface area contributed by atoms with Crippen molar-refractivity contribution in [3.05, 3.63) is 63.5 Å². The molecule has 0 saturated carbocycles. The Morgan fingerprint density at radius 2 is 1.68 bits per heavy atom. The van der Waals surface area contributed by atoms with Gasteiger partial charge in [-0.1, -0.05) is 12.1 Å². The van der Waals surface area contributed by atoms with E-state index < -0.39 is 0 Å². The van der Waals surface area contributed by atoms with Gasteiger partial charge in [0.1, 0.15) is 5.82 Å². The molecule has 0 radical (unpaired) electrons. The van der Waals surface area contributed by atoms with Gasteiger partial charge < -0.3 is 10.6 Å². The van der Waals surface area contributed by atoms with Gasteiger partial charge in [-0.3, -0.25) is 0 Å². The maximum atomic E-state index is 12.7. The van der Waals surface area contributed by atoms with Crippen LogP contribution in [0.3, 0.4) is 0 Å². The van der Waals surface area contributed by atoms with Crippen LogP contribution < -0.4 is 10.6 Å². The molecule has 0 fully saturated rings. The molecule has 0 heterocycles. The van der Waals surface area contributed by atoms with Crippen LogP contribution in [0.4, 0.5) is 10.1 Å².